The first-order chi connectivity index (χ1) is 5.43. The van der Waals surface area contributed by atoms with Crippen molar-refractivity contribution in [3.05, 3.63) is 0 Å². The van der Waals surface area contributed by atoms with Crippen LogP contribution in [-0.2, 0) is 11.1 Å². The third-order valence-electron chi connectivity index (χ3n) is 3.28. The van der Waals surface area contributed by atoms with Crippen molar-refractivity contribution in [3.8, 4) is 0 Å². The van der Waals surface area contributed by atoms with Crippen molar-refractivity contribution in [2.45, 2.75) is 45.3 Å². The van der Waals surface area contributed by atoms with Gasteiger partial charge in [-0.15, -0.1) is 0 Å². The highest BCUT2D eigenvalue weighted by atomic mass is 32.2. The average molecular weight is 189 g/mol. The lowest BCUT2D eigenvalue weighted by atomic mass is 9.70. The van der Waals surface area contributed by atoms with Crippen LogP contribution < -0.4 is 0 Å². The fourth-order valence-corrected chi connectivity index (χ4v) is 2.78. The molecule has 0 amide bonds. The van der Waals surface area contributed by atoms with E-state index in [2.05, 4.69) is 20.8 Å². The van der Waals surface area contributed by atoms with Gasteiger partial charge in [-0.05, 0) is 30.6 Å². The van der Waals surface area contributed by atoms with Gasteiger partial charge >= 0.3 is 0 Å². The van der Waals surface area contributed by atoms with Gasteiger partial charge in [-0.25, -0.2) is 0 Å². The summed E-state index contributed by atoms with van der Waals surface area (Å²) in [6.07, 6.45) is 2.72. The second-order valence-corrected chi connectivity index (χ2v) is 5.74. The first-order valence-electron chi connectivity index (χ1n) is 4.51. The average Bonchev–Trinajstić information content (AvgIpc) is 1.94. The quantitative estimate of drug-likeness (QED) is 0.592. The standard InChI is InChI=1S/C9H18O2S/c1-7-4-5-8(12(10)11)6-9(7,2)3/h7-8H,4-6H2,1-3H3,(H,10,11)/p-1/t7-,8-/m0/s1. The maximum absolute atomic E-state index is 10.7. The Bertz CT molecular complexity index is 189. The lowest BCUT2D eigenvalue weighted by Gasteiger charge is -2.41. The smallest absolute Gasteiger partial charge is 0.0221 e. The van der Waals surface area contributed by atoms with Crippen molar-refractivity contribution in [3.63, 3.8) is 0 Å². The topological polar surface area (TPSA) is 40.1 Å². The summed E-state index contributed by atoms with van der Waals surface area (Å²) in [7, 11) is 0. The molecule has 72 valence electrons. The first-order valence-corrected chi connectivity index (χ1v) is 5.65. The Hall–Kier alpha value is 0.110. The molecule has 1 aliphatic carbocycles. The van der Waals surface area contributed by atoms with Crippen LogP contribution in [0.5, 0.6) is 0 Å². The Balaban J connectivity index is 2.63. The third kappa shape index (κ3) is 2.07. The van der Waals surface area contributed by atoms with E-state index in [1.54, 1.807) is 0 Å². The molecule has 1 saturated carbocycles. The van der Waals surface area contributed by atoms with Gasteiger partial charge in [0.2, 0.25) is 0 Å². The molecule has 0 aliphatic heterocycles. The molecule has 0 heterocycles. The third-order valence-corrected chi connectivity index (χ3v) is 4.23. The van der Waals surface area contributed by atoms with E-state index in [1.807, 2.05) is 0 Å². The Labute approximate surface area is 77.0 Å². The molecule has 12 heavy (non-hydrogen) atoms. The van der Waals surface area contributed by atoms with Crippen LogP contribution in [0.3, 0.4) is 0 Å². The molecule has 1 unspecified atom stereocenters. The fourth-order valence-electron chi connectivity index (χ4n) is 1.88. The molecule has 3 atom stereocenters. The summed E-state index contributed by atoms with van der Waals surface area (Å²) in [6, 6.07) is 0. The van der Waals surface area contributed by atoms with Crippen LogP contribution in [0, 0.1) is 11.3 Å². The molecule has 1 fully saturated rings. The Morgan fingerprint density at radius 1 is 1.42 bits per heavy atom. The van der Waals surface area contributed by atoms with E-state index in [-0.39, 0.29) is 10.7 Å². The van der Waals surface area contributed by atoms with Crippen molar-refractivity contribution >= 4 is 11.1 Å². The van der Waals surface area contributed by atoms with Crippen molar-refractivity contribution in [1.82, 2.24) is 0 Å². The van der Waals surface area contributed by atoms with E-state index < -0.39 is 11.1 Å². The number of rotatable bonds is 1. The molecule has 0 bridgehead atoms. The van der Waals surface area contributed by atoms with E-state index in [9.17, 15) is 8.76 Å². The minimum Gasteiger partial charge on any atom is -0.772 e. The van der Waals surface area contributed by atoms with Crippen LogP contribution in [0.15, 0.2) is 0 Å². The molecule has 0 aromatic carbocycles. The van der Waals surface area contributed by atoms with Gasteiger partial charge in [0, 0.05) is 5.25 Å². The van der Waals surface area contributed by atoms with Gasteiger partial charge in [0.1, 0.15) is 0 Å². The minimum absolute atomic E-state index is 0.101. The van der Waals surface area contributed by atoms with Crippen LogP contribution in [-0.4, -0.2) is 14.0 Å². The molecule has 0 radical (unpaired) electrons. The highest BCUT2D eigenvalue weighted by Crippen LogP contribution is 2.41. The lowest BCUT2D eigenvalue weighted by molar-refractivity contribution is 0.155. The predicted octanol–water partition coefficient (Wildman–Crippen LogP) is 2.08. The summed E-state index contributed by atoms with van der Waals surface area (Å²) in [5.41, 5.74) is 0.197. The Morgan fingerprint density at radius 2 is 2.00 bits per heavy atom. The van der Waals surface area contributed by atoms with Crippen molar-refractivity contribution in [1.29, 1.82) is 0 Å². The summed E-state index contributed by atoms with van der Waals surface area (Å²) in [6.45, 7) is 6.54. The zero-order valence-corrected chi connectivity index (χ0v) is 8.82. The van der Waals surface area contributed by atoms with E-state index in [4.69, 9.17) is 0 Å². The van der Waals surface area contributed by atoms with Gasteiger partial charge in [-0.2, -0.15) is 0 Å². The van der Waals surface area contributed by atoms with Gasteiger partial charge in [0.05, 0.1) is 0 Å². The predicted molar refractivity (Wildman–Crippen MR) is 49.5 cm³/mol. The van der Waals surface area contributed by atoms with E-state index in [0.717, 1.165) is 19.3 Å². The van der Waals surface area contributed by atoms with Gasteiger partial charge < -0.3 is 4.55 Å². The Morgan fingerprint density at radius 3 is 2.42 bits per heavy atom. The van der Waals surface area contributed by atoms with Gasteiger partial charge in [-0.1, -0.05) is 31.9 Å². The summed E-state index contributed by atoms with van der Waals surface area (Å²) in [5, 5.41) is -0.101. The zero-order chi connectivity index (χ0) is 9.35. The molecule has 0 aromatic heterocycles. The summed E-state index contributed by atoms with van der Waals surface area (Å²) in [5.74, 6) is 0.650. The summed E-state index contributed by atoms with van der Waals surface area (Å²) >= 11 is -1.86. The SMILES string of the molecule is C[C@H]1CC[C@H](S(=O)[O-])CC1(C)C. The molecule has 0 saturated heterocycles. The molecule has 2 nitrogen and oxygen atoms in total. The molecular weight excluding hydrogens is 172 g/mol. The van der Waals surface area contributed by atoms with Gasteiger partial charge in [0.25, 0.3) is 0 Å². The highest BCUT2D eigenvalue weighted by molar-refractivity contribution is 7.79. The second kappa shape index (κ2) is 3.46. The summed E-state index contributed by atoms with van der Waals surface area (Å²) in [4.78, 5) is 0. The van der Waals surface area contributed by atoms with E-state index in [1.165, 1.54) is 0 Å². The number of hydrogen-bond acceptors (Lipinski definition) is 2. The molecule has 0 aromatic rings. The number of hydrogen-bond donors (Lipinski definition) is 0. The van der Waals surface area contributed by atoms with Crippen LogP contribution in [0.4, 0.5) is 0 Å². The minimum atomic E-state index is -1.86. The van der Waals surface area contributed by atoms with Crippen molar-refractivity contribution in [2.24, 2.45) is 11.3 Å². The second-order valence-electron chi connectivity index (χ2n) is 4.55. The van der Waals surface area contributed by atoms with E-state index in [0.29, 0.717) is 5.92 Å². The molecule has 1 rings (SSSR count). The molecule has 0 spiro atoms. The molecule has 0 N–H and O–H groups in total. The van der Waals surface area contributed by atoms with Crippen molar-refractivity contribution in [2.75, 3.05) is 0 Å². The lowest BCUT2D eigenvalue weighted by Crippen LogP contribution is -2.35. The fraction of sp³-hybridized carbons (Fsp3) is 1.00. The molecular formula is C9H17O2S-. The van der Waals surface area contributed by atoms with Crippen LogP contribution >= 0.6 is 0 Å². The van der Waals surface area contributed by atoms with E-state index >= 15 is 0 Å². The largest absolute Gasteiger partial charge is 0.772 e. The van der Waals surface area contributed by atoms with Gasteiger partial charge in [-0.3, -0.25) is 4.21 Å². The first kappa shape index (κ1) is 10.2. The van der Waals surface area contributed by atoms with Crippen LogP contribution in [0.1, 0.15) is 40.0 Å². The highest BCUT2D eigenvalue weighted by Gasteiger charge is 2.34. The van der Waals surface area contributed by atoms with Crippen molar-refractivity contribution < 1.29 is 8.76 Å². The van der Waals surface area contributed by atoms with Crippen LogP contribution in [0.2, 0.25) is 0 Å². The Kier molecular flexibility index (Phi) is 2.94. The van der Waals surface area contributed by atoms with Crippen LogP contribution in [0.25, 0.3) is 0 Å². The molecule has 1 aliphatic rings. The maximum atomic E-state index is 10.7. The summed E-state index contributed by atoms with van der Waals surface area (Å²) < 4.78 is 21.5. The zero-order valence-electron chi connectivity index (χ0n) is 8.00. The normalized spacial score (nSPS) is 37.7. The van der Waals surface area contributed by atoms with Gasteiger partial charge in [0.15, 0.2) is 0 Å². The maximum Gasteiger partial charge on any atom is 0.0221 e. The molecule has 3 heteroatoms. The monoisotopic (exact) mass is 189 g/mol.